The normalized spacial score (nSPS) is 20.2. The fourth-order valence-corrected chi connectivity index (χ4v) is 6.11. The third-order valence-corrected chi connectivity index (χ3v) is 7.72. The minimum Gasteiger partial charge on any atom is -0.323 e. The second-order valence-electron chi connectivity index (χ2n) is 8.72. The number of allylic oxidation sites excluding steroid dienone is 1. The van der Waals surface area contributed by atoms with Crippen LogP contribution in [0.25, 0.3) is 0 Å². The van der Waals surface area contributed by atoms with E-state index < -0.39 is 11.9 Å². The lowest BCUT2D eigenvalue weighted by atomic mass is 9.88. The zero-order chi connectivity index (χ0) is 22.9. The molecule has 3 aliphatic rings. The van der Waals surface area contributed by atoms with Crippen molar-refractivity contribution >= 4 is 40.3 Å². The van der Waals surface area contributed by atoms with Gasteiger partial charge in [0.1, 0.15) is 6.54 Å². The zero-order valence-corrected chi connectivity index (χ0v) is 19.4. The van der Waals surface area contributed by atoms with Gasteiger partial charge in [-0.2, -0.15) is 14.3 Å². The van der Waals surface area contributed by atoms with E-state index in [2.05, 4.69) is 5.32 Å². The van der Waals surface area contributed by atoms with Crippen LogP contribution in [0.4, 0.5) is 10.5 Å². The highest BCUT2D eigenvalue weighted by Gasteiger charge is 2.53. The lowest BCUT2D eigenvalue weighted by molar-refractivity contribution is -0.425. The molecule has 0 fully saturated rings. The molecule has 6 nitrogen and oxygen atoms in total. The Morgan fingerprint density at radius 1 is 1.06 bits per heavy atom. The number of hydrogen-bond acceptors (Lipinski definition) is 4. The number of benzene rings is 2. The van der Waals surface area contributed by atoms with Gasteiger partial charge in [0.2, 0.25) is 0 Å². The Morgan fingerprint density at radius 3 is 2.55 bits per heavy atom. The number of fused-ring (bicyclic) bond motifs is 2. The van der Waals surface area contributed by atoms with Gasteiger partial charge in [-0.15, -0.1) is 0 Å². The van der Waals surface area contributed by atoms with Crippen LogP contribution in [0.3, 0.4) is 0 Å². The van der Waals surface area contributed by atoms with Crippen LogP contribution in [0.15, 0.2) is 65.1 Å². The van der Waals surface area contributed by atoms with E-state index in [1.807, 2.05) is 61.5 Å². The smallest absolute Gasteiger partial charge is 0.323 e. The summed E-state index contributed by atoms with van der Waals surface area (Å²) in [6.45, 7) is 2.07. The third kappa shape index (κ3) is 4.25. The van der Waals surface area contributed by atoms with Crippen molar-refractivity contribution in [3.05, 3.63) is 76.2 Å². The maximum absolute atomic E-state index is 13.5. The highest BCUT2D eigenvalue weighted by Crippen LogP contribution is 2.47. The maximum Gasteiger partial charge on any atom is 0.502 e. The number of urea groups is 1. The Bertz CT molecular complexity index is 1190. The number of nitrogens with zero attached hydrogens (tertiary/aromatic N) is 2. The van der Waals surface area contributed by atoms with E-state index in [0.29, 0.717) is 10.7 Å². The summed E-state index contributed by atoms with van der Waals surface area (Å²) < 4.78 is 1.52. The first-order valence-corrected chi connectivity index (χ1v) is 12.1. The molecule has 0 bridgehead atoms. The number of nitrogens with one attached hydrogen (secondary N) is 1. The first-order valence-electron chi connectivity index (χ1n) is 11.3. The molecule has 2 aliphatic heterocycles. The molecular weight excluding hydrogens is 434 g/mol. The van der Waals surface area contributed by atoms with Crippen molar-refractivity contribution in [1.29, 1.82) is 0 Å². The minimum absolute atomic E-state index is 0.120. The monoisotopic (exact) mass is 460 g/mol. The van der Waals surface area contributed by atoms with Crippen LogP contribution in [0.5, 0.6) is 0 Å². The summed E-state index contributed by atoms with van der Waals surface area (Å²) in [5.74, 6) is -0.898. The highest BCUT2D eigenvalue weighted by atomic mass is 32.2. The molecule has 1 unspecified atom stereocenters. The van der Waals surface area contributed by atoms with Crippen molar-refractivity contribution in [1.82, 2.24) is 4.90 Å². The van der Waals surface area contributed by atoms with Crippen LogP contribution in [0, 0.1) is 12.8 Å². The zero-order valence-electron chi connectivity index (χ0n) is 18.5. The summed E-state index contributed by atoms with van der Waals surface area (Å²) in [7, 11) is 0. The molecule has 5 rings (SSSR count). The Morgan fingerprint density at radius 2 is 1.79 bits per heavy atom. The van der Waals surface area contributed by atoms with Crippen LogP contribution in [-0.2, 0) is 16.1 Å². The topological polar surface area (TPSA) is 69.5 Å². The van der Waals surface area contributed by atoms with Gasteiger partial charge in [0.25, 0.3) is 5.91 Å². The summed E-state index contributed by atoms with van der Waals surface area (Å²) in [5, 5.41) is 3.58. The molecule has 1 aliphatic carbocycles. The molecular formula is C26H26N3O3S+. The molecule has 0 aromatic heterocycles. The van der Waals surface area contributed by atoms with Gasteiger partial charge < -0.3 is 5.32 Å². The van der Waals surface area contributed by atoms with Crippen molar-refractivity contribution in [3.8, 4) is 0 Å². The highest BCUT2D eigenvalue weighted by molar-refractivity contribution is 8.17. The number of thioether (sulfide) groups is 1. The van der Waals surface area contributed by atoms with E-state index in [1.165, 1.54) is 26.1 Å². The molecule has 7 heteroatoms. The summed E-state index contributed by atoms with van der Waals surface area (Å²) in [6.07, 6.45) is 3.95. The Hall–Kier alpha value is -3.19. The van der Waals surface area contributed by atoms with Crippen molar-refractivity contribution in [2.45, 2.75) is 39.2 Å². The van der Waals surface area contributed by atoms with Gasteiger partial charge in [0.15, 0.2) is 17.5 Å². The molecule has 1 atom stereocenters. The average Bonchev–Trinajstić information content (AvgIpc) is 3.21. The van der Waals surface area contributed by atoms with E-state index in [-0.39, 0.29) is 24.9 Å². The van der Waals surface area contributed by atoms with Crippen molar-refractivity contribution in [2.24, 2.45) is 5.92 Å². The Labute approximate surface area is 197 Å². The largest absolute Gasteiger partial charge is 0.502 e. The molecule has 33 heavy (non-hydrogen) atoms. The molecule has 168 valence electrons. The van der Waals surface area contributed by atoms with E-state index in [1.54, 1.807) is 0 Å². The number of rotatable bonds is 5. The number of imide groups is 1. The molecule has 2 aromatic carbocycles. The van der Waals surface area contributed by atoms with Crippen LogP contribution < -0.4 is 5.32 Å². The van der Waals surface area contributed by atoms with Gasteiger partial charge in [0.05, 0.1) is 0 Å². The van der Waals surface area contributed by atoms with Crippen LogP contribution in [0.2, 0.25) is 0 Å². The van der Waals surface area contributed by atoms with Gasteiger partial charge in [-0.25, -0.2) is 4.79 Å². The Kier molecular flexibility index (Phi) is 5.89. The molecule has 0 radical (unpaired) electrons. The van der Waals surface area contributed by atoms with Crippen LogP contribution in [-0.4, -0.2) is 38.9 Å². The predicted molar refractivity (Wildman–Crippen MR) is 129 cm³/mol. The van der Waals surface area contributed by atoms with E-state index >= 15 is 0 Å². The second kappa shape index (κ2) is 8.98. The van der Waals surface area contributed by atoms with Gasteiger partial charge in [-0.3, -0.25) is 4.79 Å². The molecule has 1 N–H and O–H groups in total. The predicted octanol–water partition coefficient (Wildman–Crippen LogP) is 4.70. The summed E-state index contributed by atoms with van der Waals surface area (Å²) in [4.78, 5) is 42.5. The summed E-state index contributed by atoms with van der Waals surface area (Å²) in [6, 6.07) is 16.6. The van der Waals surface area contributed by atoms with E-state index in [9.17, 15) is 14.4 Å². The SMILES string of the molecule is Cc1ccc(NC(=O)C[N+]2=C3SC4=C(CCCC4)C3C(=O)N(Cc3ccccc3)C2=O)cc1. The lowest BCUT2D eigenvalue weighted by Gasteiger charge is -2.26. The lowest BCUT2D eigenvalue weighted by Crippen LogP contribution is -2.54. The van der Waals surface area contributed by atoms with Crippen molar-refractivity contribution < 1.29 is 19.0 Å². The van der Waals surface area contributed by atoms with Gasteiger partial charge in [-0.1, -0.05) is 59.8 Å². The molecule has 0 saturated carbocycles. The molecule has 2 aromatic rings. The minimum atomic E-state index is -0.445. The third-order valence-electron chi connectivity index (χ3n) is 6.34. The number of anilines is 1. The van der Waals surface area contributed by atoms with E-state index in [0.717, 1.165) is 42.4 Å². The standard InChI is InChI=1S/C26H25N3O3S/c1-17-11-13-19(14-12-17)27-22(30)16-29-25-23(20-9-5-6-10-21(20)33-25)24(31)28(26(29)32)15-18-7-3-2-4-8-18/h2-4,7-8,11-14,23H,5-6,9-10,15-16H2,1H3/p+1. The summed E-state index contributed by atoms with van der Waals surface area (Å²) >= 11 is 1.53. The fourth-order valence-electron chi connectivity index (χ4n) is 4.65. The average molecular weight is 461 g/mol. The van der Waals surface area contributed by atoms with Crippen LogP contribution >= 0.6 is 11.8 Å². The van der Waals surface area contributed by atoms with Crippen molar-refractivity contribution in [2.75, 3.05) is 11.9 Å². The summed E-state index contributed by atoms with van der Waals surface area (Å²) in [5.41, 5.74) is 3.81. The van der Waals surface area contributed by atoms with Gasteiger partial charge in [0, 0.05) is 5.69 Å². The first-order chi connectivity index (χ1) is 16.0. The fraction of sp³-hybridized carbons (Fsp3) is 0.308. The molecule has 4 amide bonds. The number of amides is 4. The number of carbonyl (C=O) groups excluding carboxylic acids is 3. The number of carbonyl (C=O) groups is 3. The molecule has 0 spiro atoms. The molecule has 0 saturated heterocycles. The maximum atomic E-state index is 13.5. The van der Waals surface area contributed by atoms with E-state index in [4.69, 9.17) is 0 Å². The van der Waals surface area contributed by atoms with Crippen molar-refractivity contribution in [3.63, 3.8) is 0 Å². The quantitative estimate of drug-likeness (QED) is 0.657. The second-order valence-corrected chi connectivity index (χ2v) is 9.84. The number of hydrogen-bond donors (Lipinski definition) is 1. The molecule has 2 heterocycles. The van der Waals surface area contributed by atoms with Crippen LogP contribution in [0.1, 0.15) is 36.8 Å². The number of aryl methyl sites for hydroxylation is 1. The first kappa shape index (κ1) is 21.6. The van der Waals surface area contributed by atoms with Gasteiger partial charge in [-0.05, 0) is 60.8 Å². The Balaban J connectivity index is 1.46. The van der Waals surface area contributed by atoms with Gasteiger partial charge >= 0.3 is 11.9 Å².